The summed E-state index contributed by atoms with van der Waals surface area (Å²) >= 11 is 0. The molecule has 1 unspecified atom stereocenters. The second-order valence-electron chi connectivity index (χ2n) is 20.2. The summed E-state index contributed by atoms with van der Waals surface area (Å²) in [6, 6.07) is 0. The Hall–Kier alpha value is -3.93. The molecule has 0 rings (SSSR count). The van der Waals surface area contributed by atoms with E-state index in [4.69, 9.17) is 14.2 Å². The van der Waals surface area contributed by atoms with Gasteiger partial charge >= 0.3 is 17.9 Å². The molecule has 0 saturated heterocycles. The summed E-state index contributed by atoms with van der Waals surface area (Å²) in [6.07, 6.45) is 83.8. The Labute approximate surface area is 457 Å². The smallest absolute Gasteiger partial charge is 0.306 e. The third-order valence-corrected chi connectivity index (χ3v) is 13.0. The number of hydrogen-bond acceptors (Lipinski definition) is 6. The second-order valence-corrected chi connectivity index (χ2v) is 20.2. The lowest BCUT2D eigenvalue weighted by Gasteiger charge is -2.18. The summed E-state index contributed by atoms with van der Waals surface area (Å²) in [4.78, 5) is 38.1. The maximum absolute atomic E-state index is 12.9. The van der Waals surface area contributed by atoms with Crippen LogP contribution in [0.2, 0.25) is 0 Å². The Kier molecular flexibility index (Phi) is 58.3. The van der Waals surface area contributed by atoms with Crippen LogP contribution in [-0.4, -0.2) is 37.2 Å². The lowest BCUT2D eigenvalue weighted by molar-refractivity contribution is -0.167. The van der Waals surface area contributed by atoms with Crippen LogP contribution in [0, 0.1) is 0 Å². The molecule has 0 aromatic carbocycles. The molecule has 0 amide bonds. The first-order chi connectivity index (χ1) is 36.5. The molecule has 6 heteroatoms. The molecule has 0 N–H and O–H groups in total. The molecule has 0 fully saturated rings. The molecule has 74 heavy (non-hydrogen) atoms. The standard InChI is InChI=1S/C68H114O6/c1-4-7-10-13-16-19-21-23-25-27-29-31-32-33-34-35-36-38-39-41-43-45-47-49-52-55-58-61-67(70)73-64-65(63-72-66(69)60-57-54-51-18-15-12-9-6-3)74-68(71)62-59-56-53-50-48-46-44-42-40-37-30-28-26-24-22-20-17-14-11-8-5-2/h7,10,16,19,22-25,28-31,33-34,36,38,40,42,65H,4-6,8-9,11-15,17-18,20-21,26-27,32,35,37,39,41,43-64H2,1-3H3/b10-7-,19-16-,24-22-,25-23-,30-28-,31-29-,34-33-,38-36-,42-40-. The summed E-state index contributed by atoms with van der Waals surface area (Å²) in [7, 11) is 0. The second kappa shape index (κ2) is 61.6. The number of esters is 3. The minimum absolute atomic E-state index is 0.0857. The van der Waals surface area contributed by atoms with Crippen molar-refractivity contribution in [3.8, 4) is 0 Å². The van der Waals surface area contributed by atoms with Gasteiger partial charge in [0, 0.05) is 19.3 Å². The number of allylic oxidation sites excluding steroid dienone is 18. The van der Waals surface area contributed by atoms with E-state index in [1.807, 2.05) is 0 Å². The van der Waals surface area contributed by atoms with E-state index in [0.29, 0.717) is 19.3 Å². The molecular formula is C68H114O6. The molecule has 0 spiro atoms. The van der Waals surface area contributed by atoms with Crippen LogP contribution in [0.3, 0.4) is 0 Å². The molecule has 0 aliphatic heterocycles. The van der Waals surface area contributed by atoms with Gasteiger partial charge in [0.15, 0.2) is 6.10 Å². The highest BCUT2D eigenvalue weighted by Crippen LogP contribution is 2.15. The molecule has 0 bridgehead atoms. The van der Waals surface area contributed by atoms with Crippen molar-refractivity contribution >= 4 is 17.9 Å². The highest BCUT2D eigenvalue weighted by atomic mass is 16.6. The average molecular weight is 1030 g/mol. The van der Waals surface area contributed by atoms with Gasteiger partial charge in [-0.3, -0.25) is 14.4 Å². The van der Waals surface area contributed by atoms with E-state index < -0.39 is 6.10 Å². The summed E-state index contributed by atoms with van der Waals surface area (Å²) in [5.74, 6) is -0.908. The first kappa shape index (κ1) is 70.1. The van der Waals surface area contributed by atoms with Gasteiger partial charge in [-0.1, -0.05) is 265 Å². The third-order valence-electron chi connectivity index (χ3n) is 13.0. The van der Waals surface area contributed by atoms with Gasteiger partial charge in [0.1, 0.15) is 13.2 Å². The number of ether oxygens (including phenoxy) is 3. The Balaban J connectivity index is 4.26. The van der Waals surface area contributed by atoms with Crippen LogP contribution in [0.15, 0.2) is 109 Å². The van der Waals surface area contributed by atoms with Crippen molar-refractivity contribution in [3.05, 3.63) is 109 Å². The first-order valence-electron chi connectivity index (χ1n) is 30.9. The maximum Gasteiger partial charge on any atom is 0.306 e. The van der Waals surface area contributed by atoms with Crippen molar-refractivity contribution in [1.29, 1.82) is 0 Å². The van der Waals surface area contributed by atoms with Crippen molar-refractivity contribution < 1.29 is 28.6 Å². The lowest BCUT2D eigenvalue weighted by Crippen LogP contribution is -2.30. The molecule has 0 heterocycles. The largest absolute Gasteiger partial charge is 0.462 e. The first-order valence-corrected chi connectivity index (χ1v) is 30.9. The molecular weight excluding hydrogens is 913 g/mol. The fourth-order valence-corrected chi connectivity index (χ4v) is 8.39. The van der Waals surface area contributed by atoms with Gasteiger partial charge in [-0.05, 0) is 109 Å². The summed E-state index contributed by atoms with van der Waals surface area (Å²) in [5.41, 5.74) is 0. The fraction of sp³-hybridized carbons (Fsp3) is 0.691. The molecule has 0 aromatic heterocycles. The normalized spacial score (nSPS) is 12.9. The highest BCUT2D eigenvalue weighted by molar-refractivity contribution is 5.71. The number of carbonyl (C=O) groups excluding carboxylic acids is 3. The Morgan fingerprint density at radius 2 is 0.527 bits per heavy atom. The highest BCUT2D eigenvalue weighted by Gasteiger charge is 2.19. The number of hydrogen-bond donors (Lipinski definition) is 0. The summed E-state index contributed by atoms with van der Waals surface area (Å²) in [5, 5.41) is 0. The number of carbonyl (C=O) groups is 3. The topological polar surface area (TPSA) is 78.9 Å². The van der Waals surface area contributed by atoms with Crippen LogP contribution in [0.25, 0.3) is 0 Å². The zero-order chi connectivity index (χ0) is 53.6. The van der Waals surface area contributed by atoms with E-state index in [-0.39, 0.29) is 31.1 Å². The van der Waals surface area contributed by atoms with Crippen molar-refractivity contribution in [3.63, 3.8) is 0 Å². The van der Waals surface area contributed by atoms with Gasteiger partial charge in [0.05, 0.1) is 0 Å². The van der Waals surface area contributed by atoms with Crippen LogP contribution < -0.4 is 0 Å². The molecule has 0 aromatic rings. The minimum atomic E-state index is -0.788. The van der Waals surface area contributed by atoms with Gasteiger partial charge in [0.2, 0.25) is 0 Å². The van der Waals surface area contributed by atoms with Crippen LogP contribution in [0.5, 0.6) is 0 Å². The zero-order valence-corrected chi connectivity index (χ0v) is 48.3. The van der Waals surface area contributed by atoms with Crippen molar-refractivity contribution in [2.45, 2.75) is 290 Å². The molecule has 0 aliphatic rings. The average Bonchev–Trinajstić information content (AvgIpc) is 3.40. The zero-order valence-electron chi connectivity index (χ0n) is 48.3. The molecule has 0 radical (unpaired) electrons. The summed E-state index contributed by atoms with van der Waals surface area (Å²) in [6.45, 7) is 6.48. The Bertz CT molecular complexity index is 1510. The predicted molar refractivity (Wildman–Crippen MR) is 320 cm³/mol. The van der Waals surface area contributed by atoms with E-state index >= 15 is 0 Å². The van der Waals surface area contributed by atoms with Crippen molar-refractivity contribution in [2.24, 2.45) is 0 Å². The lowest BCUT2D eigenvalue weighted by atomic mass is 10.1. The third kappa shape index (κ3) is 59.0. The maximum atomic E-state index is 12.9. The number of unbranched alkanes of at least 4 members (excludes halogenated alkanes) is 26. The van der Waals surface area contributed by atoms with Crippen LogP contribution >= 0.6 is 0 Å². The minimum Gasteiger partial charge on any atom is -0.462 e. The van der Waals surface area contributed by atoms with Gasteiger partial charge < -0.3 is 14.2 Å². The number of rotatable bonds is 55. The van der Waals surface area contributed by atoms with Gasteiger partial charge in [-0.25, -0.2) is 0 Å². The van der Waals surface area contributed by atoms with Crippen molar-refractivity contribution in [2.75, 3.05) is 13.2 Å². The van der Waals surface area contributed by atoms with Gasteiger partial charge in [-0.2, -0.15) is 0 Å². The summed E-state index contributed by atoms with van der Waals surface area (Å²) < 4.78 is 16.8. The van der Waals surface area contributed by atoms with Crippen LogP contribution in [-0.2, 0) is 28.6 Å². The molecule has 0 saturated carbocycles. The van der Waals surface area contributed by atoms with E-state index in [0.717, 1.165) is 128 Å². The van der Waals surface area contributed by atoms with E-state index in [2.05, 4.69) is 130 Å². The SMILES string of the molecule is CC/C=C\C/C=C\C/C=C\C/C=C\C/C=C\C/C=C\CCCCCCCCCCC(=O)OCC(COC(=O)CCCCCCCCCC)OC(=O)CCCCCCCC/C=C\C/C=C\C/C=C\CCCCCCC. The predicted octanol–water partition coefficient (Wildman–Crippen LogP) is 21.0. The van der Waals surface area contributed by atoms with Crippen LogP contribution in [0.1, 0.15) is 284 Å². The molecule has 0 aliphatic carbocycles. The molecule has 6 nitrogen and oxygen atoms in total. The quantitative estimate of drug-likeness (QED) is 0.0261. The van der Waals surface area contributed by atoms with Crippen LogP contribution in [0.4, 0.5) is 0 Å². The Morgan fingerprint density at radius 1 is 0.284 bits per heavy atom. The van der Waals surface area contributed by atoms with E-state index in [1.54, 1.807) is 0 Å². The fourth-order valence-electron chi connectivity index (χ4n) is 8.39. The van der Waals surface area contributed by atoms with Gasteiger partial charge in [-0.15, -0.1) is 0 Å². The molecule has 422 valence electrons. The van der Waals surface area contributed by atoms with Gasteiger partial charge in [0.25, 0.3) is 0 Å². The Morgan fingerprint density at radius 3 is 0.824 bits per heavy atom. The monoisotopic (exact) mass is 1030 g/mol. The van der Waals surface area contributed by atoms with Crippen molar-refractivity contribution in [1.82, 2.24) is 0 Å². The van der Waals surface area contributed by atoms with E-state index in [9.17, 15) is 14.4 Å². The van der Waals surface area contributed by atoms with E-state index in [1.165, 1.54) is 116 Å². The molecule has 1 atom stereocenters.